The number of nitrogens with zero attached hydrogens (tertiary/aromatic N) is 4. The van der Waals surface area contributed by atoms with E-state index in [1.807, 2.05) is 31.2 Å². The minimum absolute atomic E-state index is 0.0477. The molecular formula is C29H30N4O. The first-order valence-electron chi connectivity index (χ1n) is 12.1. The molecule has 5 heteroatoms. The lowest BCUT2D eigenvalue weighted by Gasteiger charge is -2.53. The van der Waals surface area contributed by atoms with Gasteiger partial charge >= 0.3 is 0 Å². The van der Waals surface area contributed by atoms with Crippen LogP contribution in [0.25, 0.3) is 0 Å². The van der Waals surface area contributed by atoms with Crippen molar-refractivity contribution in [1.82, 2.24) is 4.90 Å². The number of carbonyl (C=O) groups is 1. The summed E-state index contributed by atoms with van der Waals surface area (Å²) < 4.78 is 0. The number of benzene rings is 3. The molecule has 0 saturated carbocycles. The van der Waals surface area contributed by atoms with Crippen molar-refractivity contribution in [2.45, 2.75) is 32.9 Å². The SMILES string of the molecule is CC1=NN(c2ccc(C)cc2)C(=O)[C@]12Cc1ccccc1N1CCN(Cc3ccccc3)C[C@@H]12. The van der Waals surface area contributed by atoms with E-state index in [1.54, 1.807) is 5.01 Å². The maximum Gasteiger partial charge on any atom is 0.261 e. The third-order valence-electron chi connectivity index (χ3n) is 7.80. The summed E-state index contributed by atoms with van der Waals surface area (Å²) in [7, 11) is 0. The predicted molar refractivity (Wildman–Crippen MR) is 137 cm³/mol. The lowest BCUT2D eigenvalue weighted by atomic mass is 9.67. The maximum atomic E-state index is 14.3. The monoisotopic (exact) mass is 450 g/mol. The van der Waals surface area contributed by atoms with Gasteiger partial charge in [0.25, 0.3) is 5.91 Å². The van der Waals surface area contributed by atoms with Crippen molar-refractivity contribution >= 4 is 23.0 Å². The Kier molecular flexibility index (Phi) is 5.03. The number of aryl methyl sites for hydroxylation is 1. The summed E-state index contributed by atoms with van der Waals surface area (Å²) in [5.74, 6) is 0.0971. The molecule has 0 aliphatic carbocycles. The highest BCUT2D eigenvalue weighted by Gasteiger charge is 2.59. The fourth-order valence-electron chi connectivity index (χ4n) is 5.97. The van der Waals surface area contributed by atoms with Gasteiger partial charge in [0.2, 0.25) is 0 Å². The molecule has 0 radical (unpaired) electrons. The smallest absolute Gasteiger partial charge is 0.261 e. The van der Waals surface area contributed by atoms with Crippen LogP contribution >= 0.6 is 0 Å². The van der Waals surface area contributed by atoms with E-state index in [-0.39, 0.29) is 11.9 Å². The van der Waals surface area contributed by atoms with Gasteiger partial charge in [0, 0.05) is 31.9 Å². The molecule has 0 unspecified atom stereocenters. The van der Waals surface area contributed by atoms with Crippen LogP contribution in [-0.4, -0.2) is 42.2 Å². The van der Waals surface area contributed by atoms with Crippen LogP contribution in [0.5, 0.6) is 0 Å². The van der Waals surface area contributed by atoms with Crippen molar-refractivity contribution in [1.29, 1.82) is 0 Å². The number of piperazine rings is 1. The standard InChI is InChI=1S/C29H30N4O/c1-21-12-14-25(15-13-21)33-28(34)29(22(2)30-33)18-24-10-6-7-11-26(24)32-17-16-31(20-27(29)32)19-23-8-4-3-5-9-23/h3-15,27H,16-20H2,1-2H3/t27-,29-/m1/s1. The molecule has 0 aromatic heterocycles. The van der Waals surface area contributed by atoms with Gasteiger partial charge < -0.3 is 4.90 Å². The van der Waals surface area contributed by atoms with Crippen molar-refractivity contribution in [3.05, 3.63) is 95.6 Å². The second kappa shape index (κ2) is 8.10. The molecule has 2 atom stereocenters. The van der Waals surface area contributed by atoms with E-state index in [0.717, 1.165) is 37.6 Å². The molecule has 34 heavy (non-hydrogen) atoms. The fourth-order valence-corrected chi connectivity index (χ4v) is 5.97. The molecule has 172 valence electrons. The highest BCUT2D eigenvalue weighted by atomic mass is 16.2. The number of hydrazone groups is 1. The minimum atomic E-state index is -0.658. The second-order valence-corrected chi connectivity index (χ2v) is 9.84. The van der Waals surface area contributed by atoms with E-state index in [1.165, 1.54) is 22.4 Å². The first-order chi connectivity index (χ1) is 16.6. The van der Waals surface area contributed by atoms with Crippen LogP contribution in [0.3, 0.4) is 0 Å². The van der Waals surface area contributed by atoms with Crippen LogP contribution in [0.15, 0.2) is 84.0 Å². The van der Waals surface area contributed by atoms with Crippen LogP contribution in [0.4, 0.5) is 11.4 Å². The minimum Gasteiger partial charge on any atom is -0.364 e. The zero-order valence-corrected chi connectivity index (χ0v) is 19.8. The molecule has 0 N–H and O–H groups in total. The number of fused-ring (bicyclic) bond motifs is 4. The van der Waals surface area contributed by atoms with Gasteiger partial charge in [-0.05, 0) is 49.6 Å². The van der Waals surface area contributed by atoms with Crippen LogP contribution < -0.4 is 9.91 Å². The Hall–Kier alpha value is -3.44. The Balaban J connectivity index is 1.39. The number of para-hydroxylation sites is 1. The number of anilines is 2. The summed E-state index contributed by atoms with van der Waals surface area (Å²) >= 11 is 0. The molecule has 3 aromatic carbocycles. The molecular weight excluding hydrogens is 420 g/mol. The Bertz CT molecular complexity index is 1250. The average Bonchev–Trinajstić information content (AvgIpc) is 3.11. The molecule has 3 heterocycles. The van der Waals surface area contributed by atoms with Gasteiger partial charge in [0.1, 0.15) is 5.41 Å². The Morgan fingerprint density at radius 2 is 1.65 bits per heavy atom. The lowest BCUT2D eigenvalue weighted by Crippen LogP contribution is -2.66. The molecule has 3 aliphatic heterocycles. The fraction of sp³-hybridized carbons (Fsp3) is 0.310. The number of amides is 1. The third-order valence-corrected chi connectivity index (χ3v) is 7.80. The van der Waals surface area contributed by atoms with Gasteiger partial charge in [-0.25, -0.2) is 0 Å². The summed E-state index contributed by atoms with van der Waals surface area (Å²) in [5.41, 5.74) is 6.10. The van der Waals surface area contributed by atoms with Crippen LogP contribution in [0.2, 0.25) is 0 Å². The predicted octanol–water partition coefficient (Wildman–Crippen LogP) is 4.65. The largest absolute Gasteiger partial charge is 0.364 e. The van der Waals surface area contributed by atoms with Gasteiger partial charge in [-0.15, -0.1) is 0 Å². The molecule has 1 amide bonds. The number of hydrogen-bond acceptors (Lipinski definition) is 4. The number of hydrogen-bond donors (Lipinski definition) is 0. The highest BCUT2D eigenvalue weighted by Crippen LogP contribution is 2.48. The van der Waals surface area contributed by atoms with Gasteiger partial charge in [0.05, 0.1) is 17.4 Å². The molecule has 6 rings (SSSR count). The zero-order chi connectivity index (χ0) is 23.3. The summed E-state index contributed by atoms with van der Waals surface area (Å²) in [6.07, 6.45) is 0.694. The van der Waals surface area contributed by atoms with E-state index >= 15 is 0 Å². The highest BCUT2D eigenvalue weighted by molar-refractivity contribution is 6.20. The van der Waals surface area contributed by atoms with E-state index in [4.69, 9.17) is 5.10 Å². The molecule has 0 bridgehead atoms. The van der Waals surface area contributed by atoms with Gasteiger partial charge in [-0.1, -0.05) is 66.2 Å². The van der Waals surface area contributed by atoms with E-state index in [0.29, 0.717) is 6.42 Å². The maximum absolute atomic E-state index is 14.3. The zero-order valence-electron chi connectivity index (χ0n) is 19.8. The van der Waals surface area contributed by atoms with Crippen molar-refractivity contribution in [3.63, 3.8) is 0 Å². The molecule has 1 fully saturated rings. The topological polar surface area (TPSA) is 39.2 Å². The molecule has 3 aliphatic rings. The van der Waals surface area contributed by atoms with Crippen molar-refractivity contribution in [2.24, 2.45) is 10.5 Å². The Morgan fingerprint density at radius 1 is 0.912 bits per heavy atom. The number of carbonyl (C=O) groups excluding carboxylic acids is 1. The van der Waals surface area contributed by atoms with Crippen molar-refractivity contribution in [2.75, 3.05) is 29.5 Å². The third kappa shape index (κ3) is 3.26. The van der Waals surface area contributed by atoms with Crippen LogP contribution in [0.1, 0.15) is 23.6 Å². The normalized spacial score (nSPS) is 24.2. The summed E-state index contributed by atoms with van der Waals surface area (Å²) in [6.45, 7) is 7.72. The van der Waals surface area contributed by atoms with Gasteiger partial charge in [-0.3, -0.25) is 9.69 Å². The first kappa shape index (κ1) is 21.1. The Morgan fingerprint density at radius 3 is 2.44 bits per heavy atom. The van der Waals surface area contributed by atoms with Crippen molar-refractivity contribution < 1.29 is 4.79 Å². The van der Waals surface area contributed by atoms with Crippen molar-refractivity contribution in [3.8, 4) is 0 Å². The Labute approximate surface area is 201 Å². The van der Waals surface area contributed by atoms with Crippen LogP contribution in [0, 0.1) is 12.3 Å². The molecule has 1 spiro atoms. The lowest BCUT2D eigenvalue weighted by molar-refractivity contribution is -0.125. The number of rotatable bonds is 3. The molecule has 5 nitrogen and oxygen atoms in total. The molecule has 3 aromatic rings. The summed E-state index contributed by atoms with van der Waals surface area (Å²) in [5, 5.41) is 6.52. The quantitative estimate of drug-likeness (QED) is 0.583. The summed E-state index contributed by atoms with van der Waals surface area (Å²) in [4.78, 5) is 19.3. The van der Waals surface area contributed by atoms with E-state index < -0.39 is 5.41 Å². The van der Waals surface area contributed by atoms with E-state index in [9.17, 15) is 4.79 Å². The van der Waals surface area contributed by atoms with Gasteiger partial charge in [0.15, 0.2) is 0 Å². The van der Waals surface area contributed by atoms with E-state index in [2.05, 4.69) is 71.3 Å². The van der Waals surface area contributed by atoms with Gasteiger partial charge in [-0.2, -0.15) is 10.1 Å². The average molecular weight is 451 g/mol. The second-order valence-electron chi connectivity index (χ2n) is 9.84. The van der Waals surface area contributed by atoms with Crippen LogP contribution in [-0.2, 0) is 17.8 Å². The first-order valence-corrected chi connectivity index (χ1v) is 12.1. The summed E-state index contributed by atoms with van der Waals surface area (Å²) in [6, 6.07) is 27.4. The molecule has 1 saturated heterocycles.